The molecule has 0 aromatic heterocycles. The monoisotopic (exact) mass is 357 g/mol. The molecule has 2 aromatic rings. The minimum atomic E-state index is -3.90. The van der Waals surface area contributed by atoms with E-state index in [9.17, 15) is 12.8 Å². The first-order valence-electron chi connectivity index (χ1n) is 6.91. The molecule has 0 saturated heterocycles. The van der Waals surface area contributed by atoms with Crippen molar-refractivity contribution in [2.45, 2.75) is 11.8 Å². The Morgan fingerprint density at radius 1 is 1.17 bits per heavy atom. The van der Waals surface area contributed by atoms with Crippen molar-refractivity contribution in [1.29, 1.82) is 0 Å². The van der Waals surface area contributed by atoms with E-state index in [1.54, 1.807) is 31.2 Å². The predicted octanol–water partition coefficient (Wildman–Crippen LogP) is 3.49. The number of aryl methyl sites for hydroxylation is 1. The van der Waals surface area contributed by atoms with Gasteiger partial charge in [-0.2, -0.15) is 4.31 Å². The second-order valence-corrected chi connectivity index (χ2v) is 7.51. The SMILES string of the molecule is Cc1ccc(F)c(S(=O)(=O)N(C)CCOc2ccc(Cl)cc2)c1. The molecular weight excluding hydrogens is 341 g/mol. The molecule has 2 aromatic carbocycles. The molecule has 0 spiro atoms. The summed E-state index contributed by atoms with van der Waals surface area (Å²) in [5.74, 6) is -0.178. The number of ether oxygens (including phenoxy) is 1. The summed E-state index contributed by atoms with van der Waals surface area (Å²) in [5, 5.41) is 0.590. The zero-order chi connectivity index (χ0) is 17.0. The first-order chi connectivity index (χ1) is 10.8. The van der Waals surface area contributed by atoms with Gasteiger partial charge in [0.15, 0.2) is 0 Å². The highest BCUT2D eigenvalue weighted by Crippen LogP contribution is 2.20. The molecule has 0 amide bonds. The number of rotatable bonds is 6. The van der Waals surface area contributed by atoms with E-state index in [-0.39, 0.29) is 18.0 Å². The molecule has 0 unspecified atom stereocenters. The van der Waals surface area contributed by atoms with Crippen molar-refractivity contribution in [1.82, 2.24) is 4.31 Å². The Morgan fingerprint density at radius 3 is 2.48 bits per heavy atom. The van der Waals surface area contributed by atoms with Crippen LogP contribution in [0.2, 0.25) is 5.02 Å². The van der Waals surface area contributed by atoms with E-state index in [4.69, 9.17) is 16.3 Å². The van der Waals surface area contributed by atoms with Crippen LogP contribution >= 0.6 is 11.6 Å². The summed E-state index contributed by atoms with van der Waals surface area (Å²) in [5.41, 5.74) is 0.677. The van der Waals surface area contributed by atoms with Gasteiger partial charge in [0, 0.05) is 18.6 Å². The van der Waals surface area contributed by atoms with Crippen molar-refractivity contribution < 1.29 is 17.5 Å². The maximum absolute atomic E-state index is 13.8. The molecule has 0 N–H and O–H groups in total. The molecule has 2 rings (SSSR count). The molecule has 0 saturated carbocycles. The summed E-state index contributed by atoms with van der Waals surface area (Å²) in [4.78, 5) is -0.327. The molecule has 124 valence electrons. The fourth-order valence-corrected chi connectivity index (χ4v) is 3.35. The molecule has 0 heterocycles. The Kier molecular flexibility index (Phi) is 5.62. The van der Waals surface area contributed by atoms with Crippen molar-refractivity contribution in [2.24, 2.45) is 0 Å². The van der Waals surface area contributed by atoms with E-state index < -0.39 is 15.8 Å². The lowest BCUT2D eigenvalue weighted by Crippen LogP contribution is -2.31. The van der Waals surface area contributed by atoms with E-state index >= 15 is 0 Å². The Balaban J connectivity index is 2.02. The molecule has 0 aliphatic carbocycles. The van der Waals surface area contributed by atoms with Crippen LogP contribution in [0, 0.1) is 12.7 Å². The third kappa shape index (κ3) is 4.43. The number of likely N-dealkylation sites (N-methyl/N-ethyl adjacent to an activating group) is 1. The van der Waals surface area contributed by atoms with Crippen LogP contribution in [0.1, 0.15) is 5.56 Å². The van der Waals surface area contributed by atoms with Crippen LogP contribution in [-0.2, 0) is 10.0 Å². The summed E-state index contributed by atoms with van der Waals surface area (Å²) in [6, 6.07) is 10.7. The zero-order valence-electron chi connectivity index (χ0n) is 12.8. The second kappa shape index (κ2) is 7.29. The Morgan fingerprint density at radius 2 is 1.83 bits per heavy atom. The van der Waals surface area contributed by atoms with Crippen LogP contribution in [0.3, 0.4) is 0 Å². The van der Waals surface area contributed by atoms with Crippen molar-refractivity contribution >= 4 is 21.6 Å². The van der Waals surface area contributed by atoms with Crippen LogP contribution in [0.25, 0.3) is 0 Å². The molecule has 0 aliphatic heterocycles. The van der Waals surface area contributed by atoms with Crippen LogP contribution in [0.15, 0.2) is 47.4 Å². The van der Waals surface area contributed by atoms with Crippen LogP contribution < -0.4 is 4.74 Å². The molecule has 4 nitrogen and oxygen atoms in total. The summed E-state index contributed by atoms with van der Waals surface area (Å²) < 4.78 is 45.1. The first-order valence-corrected chi connectivity index (χ1v) is 8.73. The summed E-state index contributed by atoms with van der Waals surface area (Å²) in [6.45, 7) is 1.95. The quantitative estimate of drug-likeness (QED) is 0.795. The number of halogens is 2. The van der Waals surface area contributed by atoms with E-state index in [1.807, 2.05) is 0 Å². The Labute approximate surface area is 140 Å². The lowest BCUT2D eigenvalue weighted by molar-refractivity contribution is 0.286. The van der Waals surface area contributed by atoms with Gasteiger partial charge in [-0.15, -0.1) is 0 Å². The van der Waals surface area contributed by atoms with Gasteiger partial charge in [-0.1, -0.05) is 17.7 Å². The second-order valence-electron chi connectivity index (χ2n) is 5.06. The van der Waals surface area contributed by atoms with E-state index in [2.05, 4.69) is 0 Å². The van der Waals surface area contributed by atoms with Gasteiger partial charge in [-0.25, -0.2) is 12.8 Å². The Bertz CT molecular complexity index is 778. The molecule has 0 fully saturated rings. The van der Waals surface area contributed by atoms with Gasteiger partial charge in [0.2, 0.25) is 10.0 Å². The smallest absolute Gasteiger partial charge is 0.245 e. The topological polar surface area (TPSA) is 46.6 Å². The number of hydrogen-bond donors (Lipinski definition) is 0. The third-order valence-electron chi connectivity index (χ3n) is 3.26. The molecule has 7 heteroatoms. The van der Waals surface area contributed by atoms with Gasteiger partial charge in [0.05, 0.1) is 0 Å². The van der Waals surface area contributed by atoms with Gasteiger partial charge in [0.25, 0.3) is 0 Å². The van der Waals surface area contributed by atoms with Crippen LogP contribution in [-0.4, -0.2) is 32.9 Å². The predicted molar refractivity (Wildman–Crippen MR) is 87.9 cm³/mol. The zero-order valence-corrected chi connectivity index (χ0v) is 14.4. The minimum absolute atomic E-state index is 0.0956. The molecule has 0 atom stereocenters. The van der Waals surface area contributed by atoms with Gasteiger partial charge < -0.3 is 4.74 Å². The summed E-state index contributed by atoms with van der Waals surface area (Å²) >= 11 is 5.77. The van der Waals surface area contributed by atoms with Crippen molar-refractivity contribution in [3.63, 3.8) is 0 Å². The summed E-state index contributed by atoms with van der Waals surface area (Å²) in [7, 11) is -2.50. The highest BCUT2D eigenvalue weighted by Gasteiger charge is 2.24. The lowest BCUT2D eigenvalue weighted by atomic mass is 10.2. The fraction of sp³-hybridized carbons (Fsp3) is 0.250. The highest BCUT2D eigenvalue weighted by atomic mass is 35.5. The molecule has 0 aliphatic rings. The van der Waals surface area contributed by atoms with Gasteiger partial charge in [-0.3, -0.25) is 0 Å². The van der Waals surface area contributed by atoms with E-state index in [0.29, 0.717) is 16.3 Å². The van der Waals surface area contributed by atoms with Gasteiger partial charge in [0.1, 0.15) is 23.1 Å². The van der Waals surface area contributed by atoms with Gasteiger partial charge >= 0.3 is 0 Å². The van der Waals surface area contributed by atoms with Crippen molar-refractivity contribution in [3.05, 3.63) is 58.9 Å². The maximum atomic E-state index is 13.8. The highest BCUT2D eigenvalue weighted by molar-refractivity contribution is 7.89. The van der Waals surface area contributed by atoms with Crippen molar-refractivity contribution in [3.8, 4) is 5.75 Å². The fourth-order valence-electron chi connectivity index (χ4n) is 1.92. The minimum Gasteiger partial charge on any atom is -0.492 e. The Hall–Kier alpha value is -1.63. The van der Waals surface area contributed by atoms with E-state index in [1.165, 1.54) is 19.2 Å². The standard InChI is InChI=1S/C16H17ClFNO3S/c1-12-3-8-15(18)16(11-12)23(20,21)19(2)9-10-22-14-6-4-13(17)5-7-14/h3-8,11H,9-10H2,1-2H3. The first kappa shape index (κ1) is 17.7. The normalized spacial score (nSPS) is 11.7. The van der Waals surface area contributed by atoms with Crippen molar-refractivity contribution in [2.75, 3.05) is 20.2 Å². The maximum Gasteiger partial charge on any atom is 0.245 e. The lowest BCUT2D eigenvalue weighted by Gasteiger charge is -2.18. The van der Waals surface area contributed by atoms with Gasteiger partial charge in [-0.05, 0) is 48.9 Å². The largest absolute Gasteiger partial charge is 0.492 e. The average molecular weight is 358 g/mol. The molecule has 0 bridgehead atoms. The number of sulfonamides is 1. The number of benzene rings is 2. The molecule has 23 heavy (non-hydrogen) atoms. The van der Waals surface area contributed by atoms with E-state index in [0.717, 1.165) is 10.4 Å². The number of nitrogens with zero attached hydrogens (tertiary/aromatic N) is 1. The molecule has 0 radical (unpaired) electrons. The summed E-state index contributed by atoms with van der Waals surface area (Å²) in [6.07, 6.45) is 0. The van der Waals surface area contributed by atoms with Crippen LogP contribution in [0.4, 0.5) is 4.39 Å². The average Bonchev–Trinajstić information content (AvgIpc) is 2.51. The number of hydrogen-bond acceptors (Lipinski definition) is 3. The molecular formula is C16H17ClFNO3S. The third-order valence-corrected chi connectivity index (χ3v) is 5.39. The van der Waals surface area contributed by atoms with Crippen LogP contribution in [0.5, 0.6) is 5.75 Å².